The molecule has 0 radical (unpaired) electrons. The summed E-state index contributed by atoms with van der Waals surface area (Å²) in [6.07, 6.45) is 0.508. The molecule has 0 unspecified atom stereocenters. The fourth-order valence-corrected chi connectivity index (χ4v) is 1.89. The van der Waals surface area contributed by atoms with Crippen LogP contribution in [0, 0.1) is 0 Å². The summed E-state index contributed by atoms with van der Waals surface area (Å²) in [4.78, 5) is 10.4. The number of alkyl halides is 1. The molecule has 0 saturated carbocycles. The summed E-state index contributed by atoms with van der Waals surface area (Å²) in [5, 5.41) is -0.373. The van der Waals surface area contributed by atoms with Gasteiger partial charge in [0.2, 0.25) is 0 Å². The van der Waals surface area contributed by atoms with Gasteiger partial charge in [0.05, 0.1) is 18.1 Å². The molecule has 1 aliphatic heterocycles. The van der Waals surface area contributed by atoms with Gasteiger partial charge in [-0.2, -0.15) is 0 Å². The predicted octanol–water partition coefficient (Wildman–Crippen LogP) is 1.35. The van der Waals surface area contributed by atoms with Gasteiger partial charge in [-0.25, -0.2) is 0 Å². The summed E-state index contributed by atoms with van der Waals surface area (Å²) < 4.78 is 16.1. The van der Waals surface area contributed by atoms with Crippen molar-refractivity contribution in [1.29, 1.82) is 0 Å². The average Bonchev–Trinajstić information content (AvgIpc) is 2.54. The van der Waals surface area contributed by atoms with Crippen LogP contribution in [-0.4, -0.2) is 43.4 Å². The second kappa shape index (κ2) is 5.25. The van der Waals surface area contributed by atoms with Crippen molar-refractivity contribution in [2.45, 2.75) is 43.6 Å². The molecule has 15 heavy (non-hydrogen) atoms. The fraction of sp³-hybridized carbons (Fsp3) is 0.900. The van der Waals surface area contributed by atoms with Crippen LogP contribution in [0.15, 0.2) is 0 Å². The van der Waals surface area contributed by atoms with Crippen molar-refractivity contribution in [3.05, 3.63) is 0 Å². The summed E-state index contributed by atoms with van der Waals surface area (Å²) in [6, 6.07) is 0. The second-order valence-corrected chi connectivity index (χ2v) is 4.49. The van der Waals surface area contributed by atoms with Gasteiger partial charge in [-0.15, -0.1) is 11.6 Å². The van der Waals surface area contributed by atoms with Gasteiger partial charge in [0.25, 0.3) is 0 Å². The lowest BCUT2D eigenvalue weighted by atomic mass is 10.1. The average molecular weight is 237 g/mol. The molecule has 4 nitrogen and oxygen atoms in total. The number of hydrogen-bond acceptors (Lipinski definition) is 4. The number of hydrogen-bond donors (Lipinski definition) is 0. The van der Waals surface area contributed by atoms with Gasteiger partial charge in [-0.05, 0) is 13.8 Å². The monoisotopic (exact) mass is 236 g/mol. The highest BCUT2D eigenvalue weighted by Gasteiger charge is 2.39. The van der Waals surface area contributed by atoms with Gasteiger partial charge in [0, 0.05) is 13.5 Å². The summed E-state index contributed by atoms with van der Waals surface area (Å²) in [6.45, 7) is 4.09. The zero-order valence-corrected chi connectivity index (χ0v) is 9.99. The molecule has 1 heterocycles. The normalized spacial score (nSPS) is 28.7. The molecule has 0 aromatic rings. The maximum absolute atomic E-state index is 10.4. The smallest absolute Gasteiger partial charge is 0.163 e. The minimum Gasteiger partial charge on any atom is -0.379 e. The molecule has 5 heteroatoms. The Morgan fingerprint density at radius 2 is 2.33 bits per heavy atom. The van der Waals surface area contributed by atoms with Crippen LogP contribution in [0.4, 0.5) is 0 Å². The molecular formula is C10H17ClO4. The Balaban J connectivity index is 2.52. The lowest BCUT2D eigenvalue weighted by Gasteiger charge is -2.24. The van der Waals surface area contributed by atoms with Gasteiger partial charge in [-0.3, -0.25) is 0 Å². The zero-order chi connectivity index (χ0) is 11.5. The zero-order valence-electron chi connectivity index (χ0n) is 9.23. The Hall–Kier alpha value is -0.160. The van der Waals surface area contributed by atoms with E-state index in [1.165, 1.54) is 7.11 Å². The first-order valence-electron chi connectivity index (χ1n) is 4.92. The number of carbonyl (C=O) groups excluding carboxylic acids is 1. The van der Waals surface area contributed by atoms with Crippen LogP contribution in [0.3, 0.4) is 0 Å². The highest BCUT2D eigenvalue weighted by molar-refractivity contribution is 6.21. The van der Waals surface area contributed by atoms with Crippen LogP contribution >= 0.6 is 11.6 Å². The number of methoxy groups -OCH3 is 1. The van der Waals surface area contributed by atoms with Gasteiger partial charge in [-0.1, -0.05) is 0 Å². The molecule has 0 amide bonds. The van der Waals surface area contributed by atoms with Crippen LogP contribution in [0.1, 0.15) is 20.3 Å². The second-order valence-electron chi connectivity index (χ2n) is 3.99. The van der Waals surface area contributed by atoms with Crippen molar-refractivity contribution in [2.75, 3.05) is 13.7 Å². The van der Waals surface area contributed by atoms with E-state index in [1.807, 2.05) is 13.8 Å². The Labute approximate surface area is 94.8 Å². The minimum atomic E-state index is -0.600. The van der Waals surface area contributed by atoms with Crippen LogP contribution in [0.25, 0.3) is 0 Å². The number of aldehydes is 1. The lowest BCUT2D eigenvalue weighted by Crippen LogP contribution is -2.37. The first kappa shape index (κ1) is 12.9. The molecule has 1 aliphatic rings. The largest absolute Gasteiger partial charge is 0.379 e. The molecule has 0 bridgehead atoms. The first-order chi connectivity index (χ1) is 7.00. The highest BCUT2D eigenvalue weighted by atomic mass is 35.5. The molecule has 3 atom stereocenters. The van der Waals surface area contributed by atoms with Crippen molar-refractivity contribution in [3.63, 3.8) is 0 Å². The van der Waals surface area contributed by atoms with Crippen LogP contribution < -0.4 is 0 Å². The summed E-state index contributed by atoms with van der Waals surface area (Å²) in [5.41, 5.74) is 0. The quantitative estimate of drug-likeness (QED) is 0.534. The number of rotatable bonds is 5. The van der Waals surface area contributed by atoms with E-state index < -0.39 is 5.79 Å². The maximum Gasteiger partial charge on any atom is 0.163 e. The van der Waals surface area contributed by atoms with Crippen molar-refractivity contribution in [3.8, 4) is 0 Å². The molecule has 1 rings (SSSR count). The van der Waals surface area contributed by atoms with Crippen molar-refractivity contribution in [2.24, 2.45) is 0 Å². The molecule has 88 valence electrons. The molecule has 0 N–H and O–H groups in total. The minimum absolute atomic E-state index is 0.230. The molecule has 0 aliphatic carbocycles. The number of halogens is 1. The van der Waals surface area contributed by atoms with Gasteiger partial charge in [0.15, 0.2) is 5.79 Å². The Bertz CT molecular complexity index is 219. The van der Waals surface area contributed by atoms with Crippen LogP contribution in [0.2, 0.25) is 0 Å². The maximum atomic E-state index is 10.4. The summed E-state index contributed by atoms with van der Waals surface area (Å²) in [5.74, 6) is -0.600. The Morgan fingerprint density at radius 3 is 2.73 bits per heavy atom. The third kappa shape index (κ3) is 3.41. The topological polar surface area (TPSA) is 44.8 Å². The van der Waals surface area contributed by atoms with E-state index in [-0.39, 0.29) is 24.0 Å². The molecule has 1 saturated heterocycles. The van der Waals surface area contributed by atoms with E-state index in [0.717, 1.165) is 6.29 Å². The summed E-state index contributed by atoms with van der Waals surface area (Å²) in [7, 11) is 1.53. The predicted molar refractivity (Wildman–Crippen MR) is 56.0 cm³/mol. The van der Waals surface area contributed by atoms with Crippen molar-refractivity contribution in [1.82, 2.24) is 0 Å². The third-order valence-electron chi connectivity index (χ3n) is 2.37. The number of carbonyl (C=O) groups is 1. The van der Waals surface area contributed by atoms with Gasteiger partial charge >= 0.3 is 0 Å². The SMILES string of the molecule is CO[C@H](CC=O)[C@H](Cl)[C@H]1COC(C)(C)O1. The highest BCUT2D eigenvalue weighted by Crippen LogP contribution is 2.28. The van der Waals surface area contributed by atoms with E-state index in [4.69, 9.17) is 25.8 Å². The molecule has 0 aromatic heterocycles. The van der Waals surface area contributed by atoms with Crippen molar-refractivity contribution < 1.29 is 19.0 Å². The van der Waals surface area contributed by atoms with Gasteiger partial charge < -0.3 is 19.0 Å². The lowest BCUT2D eigenvalue weighted by molar-refractivity contribution is -0.141. The number of ether oxygens (including phenoxy) is 3. The molecular weight excluding hydrogens is 220 g/mol. The first-order valence-corrected chi connectivity index (χ1v) is 5.36. The molecule has 1 fully saturated rings. The van der Waals surface area contributed by atoms with E-state index in [2.05, 4.69) is 0 Å². The van der Waals surface area contributed by atoms with Gasteiger partial charge in [0.1, 0.15) is 12.4 Å². The molecule has 0 aromatic carbocycles. The van der Waals surface area contributed by atoms with E-state index in [0.29, 0.717) is 6.61 Å². The Kier molecular flexibility index (Phi) is 4.52. The van der Waals surface area contributed by atoms with Crippen LogP contribution in [0.5, 0.6) is 0 Å². The fourth-order valence-electron chi connectivity index (χ4n) is 1.56. The molecule has 0 spiro atoms. The van der Waals surface area contributed by atoms with E-state index >= 15 is 0 Å². The van der Waals surface area contributed by atoms with Crippen LogP contribution in [-0.2, 0) is 19.0 Å². The third-order valence-corrected chi connectivity index (χ3v) is 2.93. The van der Waals surface area contributed by atoms with Crippen molar-refractivity contribution >= 4 is 17.9 Å². The summed E-state index contributed by atoms with van der Waals surface area (Å²) >= 11 is 6.17. The standard InChI is InChI=1S/C10H17ClO4/c1-10(2)14-6-8(15-10)9(11)7(13-3)4-5-12/h5,7-9H,4,6H2,1-3H3/t7-,8-,9+/m1/s1. The van der Waals surface area contributed by atoms with E-state index in [9.17, 15) is 4.79 Å². The van der Waals surface area contributed by atoms with E-state index in [1.54, 1.807) is 0 Å². The Morgan fingerprint density at radius 1 is 1.67 bits per heavy atom.